The first-order valence-electron chi connectivity index (χ1n) is 5.01. The van der Waals surface area contributed by atoms with Gasteiger partial charge in [-0.1, -0.05) is 27.2 Å². The fraction of sp³-hybridized carbons (Fsp3) is 0.800. The standard InChI is InChI=1S/C10H19NO3/c1-4-5-6-11-9(12)8(7(2)3)10(13)14/h7-8H,4-6H2,1-3H3,(H,11,12)(H,13,14). The molecule has 0 aliphatic heterocycles. The molecule has 2 N–H and O–H groups in total. The molecule has 0 aliphatic carbocycles. The minimum Gasteiger partial charge on any atom is -0.481 e. The Morgan fingerprint density at radius 3 is 2.29 bits per heavy atom. The molecule has 0 aromatic carbocycles. The second kappa shape index (κ2) is 6.40. The smallest absolute Gasteiger partial charge is 0.316 e. The van der Waals surface area contributed by atoms with E-state index in [2.05, 4.69) is 5.32 Å². The van der Waals surface area contributed by atoms with Crippen LogP contribution in [0.2, 0.25) is 0 Å². The van der Waals surface area contributed by atoms with E-state index in [-0.39, 0.29) is 11.8 Å². The number of carbonyl (C=O) groups excluding carboxylic acids is 1. The Bertz CT molecular complexity index is 202. The minimum atomic E-state index is -1.05. The van der Waals surface area contributed by atoms with Gasteiger partial charge in [0, 0.05) is 6.54 Å². The lowest BCUT2D eigenvalue weighted by atomic mass is 9.95. The van der Waals surface area contributed by atoms with Gasteiger partial charge in [0.25, 0.3) is 0 Å². The summed E-state index contributed by atoms with van der Waals surface area (Å²) in [5, 5.41) is 11.4. The third-order valence-electron chi connectivity index (χ3n) is 2.04. The monoisotopic (exact) mass is 201 g/mol. The van der Waals surface area contributed by atoms with E-state index in [0.717, 1.165) is 12.8 Å². The first-order chi connectivity index (χ1) is 6.50. The summed E-state index contributed by atoms with van der Waals surface area (Å²) in [6.45, 7) is 6.05. The molecule has 0 saturated carbocycles. The highest BCUT2D eigenvalue weighted by atomic mass is 16.4. The number of nitrogens with one attached hydrogen (secondary N) is 1. The number of carboxylic acids is 1. The Kier molecular flexibility index (Phi) is 5.92. The molecule has 1 amide bonds. The van der Waals surface area contributed by atoms with Crippen molar-refractivity contribution in [2.45, 2.75) is 33.6 Å². The Hall–Kier alpha value is -1.06. The molecular formula is C10H19NO3. The molecule has 0 aromatic heterocycles. The van der Waals surface area contributed by atoms with Crippen LogP contribution >= 0.6 is 0 Å². The van der Waals surface area contributed by atoms with E-state index in [4.69, 9.17) is 5.11 Å². The van der Waals surface area contributed by atoms with Gasteiger partial charge in [0.1, 0.15) is 5.92 Å². The van der Waals surface area contributed by atoms with Crippen molar-refractivity contribution in [3.8, 4) is 0 Å². The van der Waals surface area contributed by atoms with E-state index >= 15 is 0 Å². The van der Waals surface area contributed by atoms with Gasteiger partial charge in [0.2, 0.25) is 5.91 Å². The summed E-state index contributed by atoms with van der Waals surface area (Å²) in [4.78, 5) is 22.2. The summed E-state index contributed by atoms with van der Waals surface area (Å²) >= 11 is 0. The topological polar surface area (TPSA) is 66.4 Å². The Morgan fingerprint density at radius 1 is 1.36 bits per heavy atom. The molecule has 82 valence electrons. The highest BCUT2D eigenvalue weighted by Gasteiger charge is 2.28. The van der Waals surface area contributed by atoms with Crippen molar-refractivity contribution >= 4 is 11.9 Å². The number of hydrogen-bond acceptors (Lipinski definition) is 2. The number of amides is 1. The van der Waals surface area contributed by atoms with Gasteiger partial charge in [-0.25, -0.2) is 0 Å². The molecule has 1 atom stereocenters. The van der Waals surface area contributed by atoms with Crippen molar-refractivity contribution in [2.75, 3.05) is 6.54 Å². The lowest BCUT2D eigenvalue weighted by molar-refractivity contribution is -0.148. The lowest BCUT2D eigenvalue weighted by Crippen LogP contribution is -2.38. The van der Waals surface area contributed by atoms with Crippen LogP contribution in [0, 0.1) is 11.8 Å². The van der Waals surface area contributed by atoms with E-state index in [1.54, 1.807) is 13.8 Å². The second-order valence-corrected chi connectivity index (χ2v) is 3.70. The zero-order chi connectivity index (χ0) is 11.1. The summed E-state index contributed by atoms with van der Waals surface area (Å²) in [6.07, 6.45) is 1.87. The molecule has 0 aromatic rings. The van der Waals surface area contributed by atoms with Crippen molar-refractivity contribution < 1.29 is 14.7 Å². The van der Waals surface area contributed by atoms with Crippen LogP contribution in [0.5, 0.6) is 0 Å². The van der Waals surface area contributed by atoms with Crippen LogP contribution in [0.3, 0.4) is 0 Å². The van der Waals surface area contributed by atoms with E-state index in [1.165, 1.54) is 0 Å². The molecule has 14 heavy (non-hydrogen) atoms. The highest BCUT2D eigenvalue weighted by molar-refractivity contribution is 5.97. The molecule has 0 heterocycles. The number of carboxylic acid groups (broad SMARTS) is 1. The van der Waals surface area contributed by atoms with Crippen molar-refractivity contribution in [3.05, 3.63) is 0 Å². The van der Waals surface area contributed by atoms with Crippen LogP contribution in [0.1, 0.15) is 33.6 Å². The van der Waals surface area contributed by atoms with Crippen LogP contribution in [-0.2, 0) is 9.59 Å². The van der Waals surface area contributed by atoms with E-state index < -0.39 is 11.9 Å². The fourth-order valence-electron chi connectivity index (χ4n) is 1.20. The fourth-order valence-corrected chi connectivity index (χ4v) is 1.20. The Balaban J connectivity index is 4.10. The van der Waals surface area contributed by atoms with Gasteiger partial charge in [-0.05, 0) is 12.3 Å². The quantitative estimate of drug-likeness (QED) is 0.502. The average molecular weight is 201 g/mol. The summed E-state index contributed by atoms with van der Waals surface area (Å²) < 4.78 is 0. The number of carbonyl (C=O) groups is 2. The molecule has 0 fully saturated rings. The van der Waals surface area contributed by atoms with Gasteiger partial charge in [-0.15, -0.1) is 0 Å². The van der Waals surface area contributed by atoms with E-state index in [9.17, 15) is 9.59 Å². The van der Waals surface area contributed by atoms with Crippen LogP contribution < -0.4 is 5.32 Å². The van der Waals surface area contributed by atoms with Gasteiger partial charge >= 0.3 is 5.97 Å². The van der Waals surface area contributed by atoms with Gasteiger partial charge in [0.15, 0.2) is 0 Å². The predicted octanol–water partition coefficient (Wildman–Crippen LogP) is 1.26. The largest absolute Gasteiger partial charge is 0.481 e. The molecule has 0 saturated heterocycles. The number of unbranched alkanes of at least 4 members (excludes halogenated alkanes) is 1. The zero-order valence-electron chi connectivity index (χ0n) is 9.04. The van der Waals surface area contributed by atoms with E-state index in [1.807, 2.05) is 6.92 Å². The number of hydrogen-bond donors (Lipinski definition) is 2. The normalized spacial score (nSPS) is 12.6. The molecular weight excluding hydrogens is 182 g/mol. The average Bonchev–Trinajstić information content (AvgIpc) is 2.03. The van der Waals surface area contributed by atoms with E-state index in [0.29, 0.717) is 6.54 Å². The molecule has 0 bridgehead atoms. The zero-order valence-corrected chi connectivity index (χ0v) is 9.04. The SMILES string of the molecule is CCCCNC(=O)C(C(=O)O)C(C)C. The number of rotatable bonds is 6. The van der Waals surface area contributed by atoms with Crippen molar-refractivity contribution in [3.63, 3.8) is 0 Å². The molecule has 0 aliphatic rings. The summed E-state index contributed by atoms with van der Waals surface area (Å²) in [7, 11) is 0. The van der Waals surface area contributed by atoms with Crippen molar-refractivity contribution in [1.82, 2.24) is 5.32 Å². The Labute approximate surface area is 84.7 Å². The number of aliphatic carboxylic acids is 1. The lowest BCUT2D eigenvalue weighted by Gasteiger charge is -2.15. The molecule has 1 unspecified atom stereocenters. The van der Waals surface area contributed by atoms with Gasteiger partial charge < -0.3 is 10.4 Å². The van der Waals surface area contributed by atoms with Crippen LogP contribution in [0.25, 0.3) is 0 Å². The molecule has 4 heteroatoms. The summed E-state index contributed by atoms with van der Waals surface area (Å²) in [6, 6.07) is 0. The summed E-state index contributed by atoms with van der Waals surface area (Å²) in [5.74, 6) is -2.52. The molecule has 0 radical (unpaired) electrons. The first-order valence-corrected chi connectivity index (χ1v) is 5.01. The van der Waals surface area contributed by atoms with Gasteiger partial charge in [0.05, 0.1) is 0 Å². The molecule has 0 rings (SSSR count). The third-order valence-corrected chi connectivity index (χ3v) is 2.04. The minimum absolute atomic E-state index is 0.172. The van der Waals surface area contributed by atoms with Crippen LogP contribution in [-0.4, -0.2) is 23.5 Å². The first kappa shape index (κ1) is 12.9. The van der Waals surface area contributed by atoms with Crippen molar-refractivity contribution in [1.29, 1.82) is 0 Å². The third kappa shape index (κ3) is 4.25. The maximum Gasteiger partial charge on any atom is 0.316 e. The molecule has 0 spiro atoms. The highest BCUT2D eigenvalue weighted by Crippen LogP contribution is 2.10. The van der Waals surface area contributed by atoms with Crippen LogP contribution in [0.4, 0.5) is 0 Å². The maximum atomic E-state index is 11.4. The van der Waals surface area contributed by atoms with Gasteiger partial charge in [-0.2, -0.15) is 0 Å². The second-order valence-electron chi connectivity index (χ2n) is 3.70. The van der Waals surface area contributed by atoms with Gasteiger partial charge in [-0.3, -0.25) is 9.59 Å². The van der Waals surface area contributed by atoms with Crippen molar-refractivity contribution in [2.24, 2.45) is 11.8 Å². The Morgan fingerprint density at radius 2 is 1.93 bits per heavy atom. The predicted molar refractivity (Wildman–Crippen MR) is 53.9 cm³/mol. The summed E-state index contributed by atoms with van der Waals surface area (Å²) in [5.41, 5.74) is 0. The molecule has 4 nitrogen and oxygen atoms in total. The van der Waals surface area contributed by atoms with Crippen LogP contribution in [0.15, 0.2) is 0 Å². The maximum absolute atomic E-state index is 11.4.